The second-order valence-corrected chi connectivity index (χ2v) is 9.73. The van der Waals surface area contributed by atoms with E-state index >= 15 is 0 Å². The topological polar surface area (TPSA) is 158 Å². The number of rotatable bonds is 7. The number of nitrogens with one attached hydrogen (secondary N) is 1. The third kappa shape index (κ3) is 9.42. The molecule has 3 aromatic rings. The number of likely N-dealkylation sites (tertiary alicyclic amines) is 1. The molecule has 1 fully saturated rings. The SMILES string of the molecule is CCN1C(=O)C(NC(=O)c2nccc(C(F)(F)F)n2)C/C(=C(/N)CC(=O)N(C)CC#N)C1=Nc1ccccc1.Fc1ccccc1. The lowest BCUT2D eigenvalue weighted by molar-refractivity contribution is -0.141. The van der Waals surface area contributed by atoms with E-state index in [1.165, 1.54) is 29.0 Å². The minimum absolute atomic E-state index is 0.0555. The molecule has 0 spiro atoms. The summed E-state index contributed by atoms with van der Waals surface area (Å²) in [5.74, 6) is -2.92. The first-order valence-corrected chi connectivity index (χ1v) is 13.8. The summed E-state index contributed by atoms with van der Waals surface area (Å²) in [4.78, 5) is 52.6. The van der Waals surface area contributed by atoms with E-state index in [4.69, 9.17) is 11.0 Å². The number of nitrogens with zero attached hydrogens (tertiary/aromatic N) is 6. The Kier molecular flexibility index (Phi) is 12.0. The summed E-state index contributed by atoms with van der Waals surface area (Å²) in [7, 11) is 1.43. The molecule has 2 heterocycles. The number of aliphatic imine (C=N–C) groups is 1. The average Bonchev–Trinajstić information content (AvgIpc) is 3.03. The zero-order chi connectivity index (χ0) is 33.9. The highest BCUT2D eigenvalue weighted by molar-refractivity contribution is 6.14. The molecule has 3 N–H and O–H groups in total. The fourth-order valence-corrected chi connectivity index (χ4v) is 4.15. The second kappa shape index (κ2) is 15.9. The largest absolute Gasteiger partial charge is 0.433 e. The van der Waals surface area contributed by atoms with Gasteiger partial charge in [0.25, 0.3) is 11.8 Å². The van der Waals surface area contributed by atoms with Gasteiger partial charge in [0.15, 0.2) is 0 Å². The monoisotopic (exact) mass is 638 g/mol. The molecule has 1 aromatic heterocycles. The van der Waals surface area contributed by atoms with Crippen molar-refractivity contribution in [3.8, 4) is 6.07 Å². The van der Waals surface area contributed by atoms with Crippen molar-refractivity contribution < 1.29 is 31.9 Å². The van der Waals surface area contributed by atoms with Gasteiger partial charge in [-0.25, -0.2) is 19.4 Å². The van der Waals surface area contributed by atoms with Crippen LogP contribution in [0.25, 0.3) is 0 Å². The summed E-state index contributed by atoms with van der Waals surface area (Å²) in [6.45, 7) is 1.61. The van der Waals surface area contributed by atoms with Crippen LogP contribution in [0.4, 0.5) is 23.2 Å². The fraction of sp³-hybridized carbons (Fsp3) is 0.258. The van der Waals surface area contributed by atoms with Gasteiger partial charge in [-0.2, -0.15) is 18.4 Å². The standard InChI is InChI=1S/C25H25F3N8O3.C6H5F/c1-3-36-22(32-15-7-5-4-6-8-15)16(17(30)14-20(37)35(2)12-10-29)13-18(24(36)39)33-23(38)21-31-11-9-19(34-21)25(26,27)28;7-6-4-2-1-3-5-6/h4-9,11,18H,3,12-14,30H2,1-2H3,(H,33,38);1-5H/b17-16-,32-22?;. The van der Waals surface area contributed by atoms with Crippen molar-refractivity contribution in [1.82, 2.24) is 25.1 Å². The van der Waals surface area contributed by atoms with Crippen LogP contribution in [0.5, 0.6) is 0 Å². The van der Waals surface area contributed by atoms with Gasteiger partial charge in [-0.1, -0.05) is 36.4 Å². The molecular weight excluding hydrogens is 608 g/mol. The zero-order valence-corrected chi connectivity index (χ0v) is 24.8. The Balaban J connectivity index is 0.000000724. The molecule has 1 saturated heterocycles. The number of aromatic nitrogens is 2. The number of likely N-dealkylation sites (N-methyl/N-ethyl adjacent to an activating group) is 1. The number of para-hydroxylation sites is 1. The minimum atomic E-state index is -4.80. The highest BCUT2D eigenvalue weighted by Gasteiger charge is 2.39. The Labute approximate surface area is 262 Å². The minimum Gasteiger partial charge on any atom is -0.401 e. The van der Waals surface area contributed by atoms with Gasteiger partial charge >= 0.3 is 6.18 Å². The van der Waals surface area contributed by atoms with E-state index in [1.807, 2.05) is 6.07 Å². The molecule has 240 valence electrons. The Morgan fingerprint density at radius 2 is 1.76 bits per heavy atom. The summed E-state index contributed by atoms with van der Waals surface area (Å²) in [6, 6.07) is 17.8. The van der Waals surface area contributed by atoms with Crippen LogP contribution in [0.3, 0.4) is 0 Å². The molecule has 15 heteroatoms. The number of amidine groups is 1. The maximum Gasteiger partial charge on any atom is 0.433 e. The smallest absolute Gasteiger partial charge is 0.401 e. The summed E-state index contributed by atoms with van der Waals surface area (Å²) in [5.41, 5.74) is 5.86. The van der Waals surface area contributed by atoms with Gasteiger partial charge in [0.05, 0.1) is 18.2 Å². The van der Waals surface area contributed by atoms with Gasteiger partial charge in [-0.3, -0.25) is 19.3 Å². The molecule has 2 aromatic carbocycles. The van der Waals surface area contributed by atoms with Crippen molar-refractivity contribution in [3.63, 3.8) is 0 Å². The molecule has 1 aliphatic rings. The number of piperidine rings is 1. The van der Waals surface area contributed by atoms with Gasteiger partial charge in [0.1, 0.15) is 29.9 Å². The lowest BCUT2D eigenvalue weighted by atomic mass is 9.94. The number of halogens is 4. The van der Waals surface area contributed by atoms with Crippen LogP contribution in [0, 0.1) is 17.1 Å². The van der Waals surface area contributed by atoms with Gasteiger partial charge < -0.3 is 16.0 Å². The van der Waals surface area contributed by atoms with Gasteiger partial charge in [0, 0.05) is 37.5 Å². The molecule has 0 radical (unpaired) electrons. The lowest BCUT2D eigenvalue weighted by Gasteiger charge is -2.35. The Morgan fingerprint density at radius 1 is 1.13 bits per heavy atom. The van der Waals surface area contributed by atoms with Crippen molar-refractivity contribution >= 4 is 29.2 Å². The third-order valence-corrected chi connectivity index (χ3v) is 6.46. The first kappa shape index (κ1) is 34.8. The molecule has 0 saturated carbocycles. The molecule has 1 atom stereocenters. The summed E-state index contributed by atoms with van der Waals surface area (Å²) < 4.78 is 51.1. The van der Waals surface area contributed by atoms with E-state index in [1.54, 1.807) is 55.5 Å². The summed E-state index contributed by atoms with van der Waals surface area (Å²) in [5, 5.41) is 11.3. The van der Waals surface area contributed by atoms with Crippen molar-refractivity contribution in [2.24, 2.45) is 10.7 Å². The van der Waals surface area contributed by atoms with Crippen molar-refractivity contribution in [1.29, 1.82) is 5.26 Å². The van der Waals surface area contributed by atoms with E-state index in [9.17, 15) is 31.9 Å². The van der Waals surface area contributed by atoms with Crippen LogP contribution in [-0.2, 0) is 15.8 Å². The van der Waals surface area contributed by atoms with Gasteiger partial charge in [-0.05, 0) is 37.3 Å². The maximum absolute atomic E-state index is 13.4. The number of carbonyl (C=O) groups is 3. The van der Waals surface area contributed by atoms with E-state index in [0.29, 0.717) is 11.8 Å². The highest BCUT2D eigenvalue weighted by atomic mass is 19.4. The molecule has 4 rings (SSSR count). The number of hydrogen-bond acceptors (Lipinski definition) is 8. The van der Waals surface area contributed by atoms with Crippen molar-refractivity contribution in [2.75, 3.05) is 20.1 Å². The predicted molar refractivity (Wildman–Crippen MR) is 159 cm³/mol. The normalized spacial score (nSPS) is 16.5. The first-order chi connectivity index (χ1) is 21.8. The number of nitrogens with two attached hydrogens (primary N) is 1. The summed E-state index contributed by atoms with van der Waals surface area (Å²) >= 11 is 0. The summed E-state index contributed by atoms with van der Waals surface area (Å²) in [6.07, 6.45) is -4.50. The molecule has 11 nitrogen and oxygen atoms in total. The molecule has 0 aliphatic carbocycles. The van der Waals surface area contributed by atoms with E-state index in [0.717, 1.165) is 6.20 Å². The number of nitriles is 1. The van der Waals surface area contributed by atoms with Crippen molar-refractivity contribution in [3.05, 3.63) is 102 Å². The van der Waals surface area contributed by atoms with Crippen LogP contribution >= 0.6 is 0 Å². The Hall–Kier alpha value is -5.65. The highest BCUT2D eigenvalue weighted by Crippen LogP contribution is 2.28. The predicted octanol–water partition coefficient (Wildman–Crippen LogP) is 3.99. The quantitative estimate of drug-likeness (QED) is 0.293. The third-order valence-electron chi connectivity index (χ3n) is 6.46. The number of carbonyl (C=O) groups excluding carboxylic acids is 3. The average molecular weight is 639 g/mol. The first-order valence-electron chi connectivity index (χ1n) is 13.8. The maximum atomic E-state index is 13.4. The van der Waals surface area contributed by atoms with E-state index in [-0.39, 0.29) is 48.9 Å². The molecule has 1 aliphatic heterocycles. The zero-order valence-electron chi connectivity index (χ0n) is 24.8. The van der Waals surface area contributed by atoms with Crippen LogP contribution in [0.15, 0.2) is 89.2 Å². The number of hydrogen-bond donors (Lipinski definition) is 2. The van der Waals surface area contributed by atoms with Crippen LogP contribution < -0.4 is 11.1 Å². The van der Waals surface area contributed by atoms with Crippen LogP contribution in [0.1, 0.15) is 36.1 Å². The second-order valence-electron chi connectivity index (χ2n) is 9.73. The van der Waals surface area contributed by atoms with E-state index < -0.39 is 41.5 Å². The molecule has 46 heavy (non-hydrogen) atoms. The lowest BCUT2D eigenvalue weighted by Crippen LogP contribution is -2.56. The van der Waals surface area contributed by atoms with Gasteiger partial charge in [-0.15, -0.1) is 0 Å². The molecular formula is C31H30F4N8O3. The Morgan fingerprint density at radius 3 is 2.30 bits per heavy atom. The molecule has 3 amide bonds. The van der Waals surface area contributed by atoms with Crippen LogP contribution in [-0.4, -0.2) is 69.5 Å². The van der Waals surface area contributed by atoms with Crippen molar-refractivity contribution in [2.45, 2.75) is 32.0 Å². The Bertz CT molecular complexity index is 1640. The van der Waals surface area contributed by atoms with Gasteiger partial charge in [0.2, 0.25) is 11.7 Å². The number of amides is 3. The molecule has 0 bridgehead atoms. The fourth-order valence-electron chi connectivity index (χ4n) is 4.15. The van der Waals surface area contributed by atoms with E-state index in [2.05, 4.69) is 20.3 Å². The van der Waals surface area contributed by atoms with Crippen LogP contribution in [0.2, 0.25) is 0 Å². The number of benzene rings is 2. The molecule has 1 unspecified atom stereocenters. The number of alkyl halides is 3.